The molecule has 0 radical (unpaired) electrons. The van der Waals surface area contributed by atoms with E-state index in [2.05, 4.69) is 25.3 Å². The third-order valence-corrected chi connectivity index (χ3v) is 3.70. The minimum Gasteiger partial charge on any atom is -0.493 e. The van der Waals surface area contributed by atoms with Crippen LogP contribution in [0.15, 0.2) is 41.9 Å². The minimum absolute atomic E-state index is 0.0709. The van der Waals surface area contributed by atoms with E-state index in [1.807, 2.05) is 24.6 Å². The van der Waals surface area contributed by atoms with Crippen molar-refractivity contribution >= 4 is 5.96 Å². The van der Waals surface area contributed by atoms with Crippen LogP contribution in [0.2, 0.25) is 0 Å². The average Bonchev–Trinajstić information content (AvgIpc) is 3.18. The van der Waals surface area contributed by atoms with Gasteiger partial charge in [-0.2, -0.15) is 8.78 Å². The van der Waals surface area contributed by atoms with Crippen LogP contribution in [0.1, 0.15) is 25.8 Å². The Labute approximate surface area is 163 Å². The van der Waals surface area contributed by atoms with Crippen molar-refractivity contribution < 1.29 is 18.3 Å². The fourth-order valence-corrected chi connectivity index (χ4v) is 2.41. The molecule has 0 aliphatic heterocycles. The van der Waals surface area contributed by atoms with Gasteiger partial charge in [0.1, 0.15) is 11.5 Å². The summed E-state index contributed by atoms with van der Waals surface area (Å²) in [6.45, 7) is 3.78. The highest BCUT2D eigenvalue weighted by atomic mass is 19.3. The molecular formula is C19H27F2N5O2. The number of ether oxygens (including phenoxy) is 2. The van der Waals surface area contributed by atoms with E-state index < -0.39 is 6.61 Å². The fourth-order valence-electron chi connectivity index (χ4n) is 2.41. The van der Waals surface area contributed by atoms with Crippen LogP contribution >= 0.6 is 0 Å². The predicted octanol–water partition coefficient (Wildman–Crippen LogP) is 3.03. The number of imidazole rings is 1. The van der Waals surface area contributed by atoms with Crippen LogP contribution in [0.5, 0.6) is 11.5 Å². The molecule has 28 heavy (non-hydrogen) atoms. The SMILES string of the molecule is CCCOc1ccc(CN=C(NCC)NCCn2ccnc2)c(OC(F)F)c1. The monoisotopic (exact) mass is 395 g/mol. The van der Waals surface area contributed by atoms with Crippen molar-refractivity contribution in [3.05, 3.63) is 42.5 Å². The summed E-state index contributed by atoms with van der Waals surface area (Å²) in [4.78, 5) is 8.46. The van der Waals surface area contributed by atoms with Gasteiger partial charge >= 0.3 is 6.61 Å². The van der Waals surface area contributed by atoms with Crippen molar-refractivity contribution in [1.29, 1.82) is 0 Å². The number of halogens is 2. The van der Waals surface area contributed by atoms with Crippen LogP contribution in [-0.4, -0.2) is 41.8 Å². The molecule has 9 heteroatoms. The van der Waals surface area contributed by atoms with Gasteiger partial charge in [0, 0.05) is 43.7 Å². The second-order valence-corrected chi connectivity index (χ2v) is 5.92. The average molecular weight is 395 g/mol. The van der Waals surface area contributed by atoms with Gasteiger partial charge in [-0.25, -0.2) is 9.98 Å². The lowest BCUT2D eigenvalue weighted by molar-refractivity contribution is -0.0505. The Morgan fingerprint density at radius 2 is 2.14 bits per heavy atom. The molecule has 0 fully saturated rings. The number of hydrogen-bond acceptors (Lipinski definition) is 4. The van der Waals surface area contributed by atoms with E-state index in [4.69, 9.17) is 4.74 Å². The predicted molar refractivity (Wildman–Crippen MR) is 104 cm³/mol. The normalized spacial score (nSPS) is 11.5. The third-order valence-electron chi connectivity index (χ3n) is 3.70. The molecule has 1 heterocycles. The number of aromatic nitrogens is 2. The Morgan fingerprint density at radius 1 is 1.29 bits per heavy atom. The van der Waals surface area contributed by atoms with Crippen molar-refractivity contribution in [3.8, 4) is 11.5 Å². The number of alkyl halides is 2. The topological polar surface area (TPSA) is 72.7 Å². The van der Waals surface area contributed by atoms with Crippen molar-refractivity contribution in [2.24, 2.45) is 4.99 Å². The van der Waals surface area contributed by atoms with Gasteiger partial charge in [0.05, 0.1) is 19.5 Å². The molecule has 7 nitrogen and oxygen atoms in total. The summed E-state index contributed by atoms with van der Waals surface area (Å²) in [5.41, 5.74) is 0.552. The highest BCUT2D eigenvalue weighted by molar-refractivity contribution is 5.79. The maximum absolute atomic E-state index is 12.8. The van der Waals surface area contributed by atoms with E-state index in [1.54, 1.807) is 24.7 Å². The van der Waals surface area contributed by atoms with Gasteiger partial charge in [-0.3, -0.25) is 0 Å². The molecule has 1 aromatic carbocycles. The van der Waals surface area contributed by atoms with Gasteiger partial charge in [0.25, 0.3) is 0 Å². The van der Waals surface area contributed by atoms with Crippen LogP contribution in [0.25, 0.3) is 0 Å². The first-order valence-electron chi connectivity index (χ1n) is 9.30. The maximum atomic E-state index is 12.8. The Kier molecular flexibility index (Phi) is 9.03. The second kappa shape index (κ2) is 11.8. The van der Waals surface area contributed by atoms with Crippen LogP contribution in [0, 0.1) is 0 Å². The number of hydrogen-bond donors (Lipinski definition) is 2. The Balaban J connectivity index is 2.03. The van der Waals surface area contributed by atoms with E-state index in [0.29, 0.717) is 37.0 Å². The lowest BCUT2D eigenvalue weighted by Gasteiger charge is -2.14. The molecule has 2 N–H and O–H groups in total. The van der Waals surface area contributed by atoms with Gasteiger partial charge < -0.3 is 24.7 Å². The summed E-state index contributed by atoms with van der Waals surface area (Å²) >= 11 is 0. The molecule has 0 aliphatic carbocycles. The zero-order valence-electron chi connectivity index (χ0n) is 16.2. The summed E-state index contributed by atoms with van der Waals surface area (Å²) in [6.07, 6.45) is 6.16. The molecule has 0 unspecified atom stereocenters. The molecule has 154 valence electrons. The van der Waals surface area contributed by atoms with Crippen molar-refractivity contribution in [2.45, 2.75) is 40.0 Å². The van der Waals surface area contributed by atoms with E-state index in [9.17, 15) is 8.78 Å². The van der Waals surface area contributed by atoms with E-state index >= 15 is 0 Å². The van der Waals surface area contributed by atoms with Gasteiger partial charge in [0.2, 0.25) is 0 Å². The number of guanidine groups is 1. The second-order valence-electron chi connectivity index (χ2n) is 5.92. The summed E-state index contributed by atoms with van der Waals surface area (Å²) in [6, 6.07) is 4.91. The zero-order valence-corrected chi connectivity index (χ0v) is 16.2. The molecule has 1 aromatic heterocycles. The molecule has 0 amide bonds. The van der Waals surface area contributed by atoms with Crippen LogP contribution in [0.3, 0.4) is 0 Å². The smallest absolute Gasteiger partial charge is 0.387 e. The number of nitrogens with zero attached hydrogens (tertiary/aromatic N) is 3. The summed E-state index contributed by atoms with van der Waals surface area (Å²) in [7, 11) is 0. The van der Waals surface area contributed by atoms with Gasteiger partial charge in [0.15, 0.2) is 5.96 Å². The summed E-state index contributed by atoms with van der Waals surface area (Å²) in [5.74, 6) is 1.16. The standard InChI is InChI=1S/C19H27F2N5O2/c1-3-11-27-16-6-5-15(17(12-16)28-18(20)21)13-25-19(23-4-2)24-8-10-26-9-7-22-14-26/h5-7,9,12,14,18H,3-4,8,10-11,13H2,1-2H3,(H2,23,24,25). The number of rotatable bonds is 11. The zero-order chi connectivity index (χ0) is 20.2. The Hall–Kier alpha value is -2.84. The van der Waals surface area contributed by atoms with Crippen molar-refractivity contribution in [1.82, 2.24) is 20.2 Å². The molecule has 0 saturated heterocycles. The van der Waals surface area contributed by atoms with Crippen LogP contribution < -0.4 is 20.1 Å². The van der Waals surface area contributed by atoms with E-state index in [-0.39, 0.29) is 12.3 Å². The first kappa shape index (κ1) is 21.5. The van der Waals surface area contributed by atoms with Crippen molar-refractivity contribution in [2.75, 3.05) is 19.7 Å². The van der Waals surface area contributed by atoms with E-state index in [0.717, 1.165) is 13.0 Å². The quantitative estimate of drug-likeness (QED) is 0.452. The Morgan fingerprint density at radius 3 is 2.82 bits per heavy atom. The molecule has 2 rings (SSSR count). The van der Waals surface area contributed by atoms with Crippen molar-refractivity contribution in [3.63, 3.8) is 0 Å². The van der Waals surface area contributed by atoms with Gasteiger partial charge in [-0.1, -0.05) is 6.92 Å². The highest BCUT2D eigenvalue weighted by Gasteiger charge is 2.11. The lowest BCUT2D eigenvalue weighted by Crippen LogP contribution is -2.38. The summed E-state index contributed by atoms with van der Waals surface area (Å²) in [5, 5.41) is 6.34. The molecule has 0 saturated carbocycles. The molecule has 2 aromatic rings. The Bertz CT molecular complexity index is 723. The van der Waals surface area contributed by atoms with Crippen LogP contribution in [0.4, 0.5) is 8.78 Å². The number of aliphatic imine (C=N–C) groups is 1. The largest absolute Gasteiger partial charge is 0.493 e. The molecule has 0 atom stereocenters. The first-order valence-corrected chi connectivity index (χ1v) is 9.30. The number of benzene rings is 1. The molecular weight excluding hydrogens is 368 g/mol. The minimum atomic E-state index is -2.91. The highest BCUT2D eigenvalue weighted by Crippen LogP contribution is 2.27. The molecule has 0 bridgehead atoms. The molecule has 0 aliphatic rings. The summed E-state index contributed by atoms with van der Waals surface area (Å²) < 4.78 is 37.6. The fraction of sp³-hybridized carbons (Fsp3) is 0.474. The van der Waals surface area contributed by atoms with Crippen LogP contribution in [-0.2, 0) is 13.1 Å². The van der Waals surface area contributed by atoms with Gasteiger partial charge in [-0.05, 0) is 25.5 Å². The van der Waals surface area contributed by atoms with Gasteiger partial charge in [-0.15, -0.1) is 0 Å². The maximum Gasteiger partial charge on any atom is 0.387 e. The van der Waals surface area contributed by atoms with E-state index in [1.165, 1.54) is 6.07 Å². The number of nitrogens with one attached hydrogen (secondary N) is 2. The molecule has 0 spiro atoms. The first-order chi connectivity index (χ1) is 13.6. The lowest BCUT2D eigenvalue weighted by atomic mass is 10.2. The third kappa shape index (κ3) is 7.42.